The SMILES string of the molecule is Cc1ccc2cc(CC=O)c3c4ccccc4sc3c2c1. The maximum absolute atomic E-state index is 11.1. The van der Waals surface area contributed by atoms with Crippen LogP contribution in [-0.4, -0.2) is 6.29 Å². The van der Waals surface area contributed by atoms with E-state index in [1.54, 1.807) is 0 Å². The molecule has 1 nitrogen and oxygen atoms in total. The largest absolute Gasteiger partial charge is 0.303 e. The molecular formula is C19H14OS. The third kappa shape index (κ3) is 1.87. The predicted octanol–water partition coefficient (Wildman–Crippen LogP) is 5.26. The fourth-order valence-corrected chi connectivity index (χ4v) is 4.33. The van der Waals surface area contributed by atoms with Crippen molar-refractivity contribution in [1.29, 1.82) is 0 Å². The van der Waals surface area contributed by atoms with Gasteiger partial charge in [-0.1, -0.05) is 42.0 Å². The zero-order chi connectivity index (χ0) is 14.4. The van der Waals surface area contributed by atoms with E-state index in [2.05, 4.69) is 55.5 Å². The van der Waals surface area contributed by atoms with Crippen LogP contribution in [0.5, 0.6) is 0 Å². The molecule has 0 N–H and O–H groups in total. The van der Waals surface area contributed by atoms with Gasteiger partial charge in [0.2, 0.25) is 0 Å². The number of hydrogen-bond donors (Lipinski definition) is 0. The third-order valence-corrected chi connectivity index (χ3v) is 5.21. The molecule has 0 radical (unpaired) electrons. The Morgan fingerprint density at radius 1 is 1.05 bits per heavy atom. The van der Waals surface area contributed by atoms with Gasteiger partial charge in [-0.15, -0.1) is 11.3 Å². The highest BCUT2D eigenvalue weighted by atomic mass is 32.1. The number of aldehydes is 1. The average Bonchev–Trinajstić information content (AvgIpc) is 2.88. The number of carbonyl (C=O) groups excluding carboxylic acids is 1. The first-order valence-corrected chi connectivity index (χ1v) is 7.86. The van der Waals surface area contributed by atoms with Gasteiger partial charge in [0.05, 0.1) is 0 Å². The van der Waals surface area contributed by atoms with Gasteiger partial charge < -0.3 is 4.79 Å². The van der Waals surface area contributed by atoms with Crippen molar-refractivity contribution in [3.05, 3.63) is 59.7 Å². The Labute approximate surface area is 126 Å². The summed E-state index contributed by atoms with van der Waals surface area (Å²) >= 11 is 1.82. The van der Waals surface area contributed by atoms with E-state index in [0.717, 1.165) is 11.8 Å². The fourth-order valence-electron chi connectivity index (χ4n) is 3.06. The molecule has 4 rings (SSSR count). The molecule has 0 aliphatic heterocycles. The summed E-state index contributed by atoms with van der Waals surface area (Å²) in [7, 11) is 0. The van der Waals surface area contributed by atoms with Gasteiger partial charge in [-0.3, -0.25) is 0 Å². The number of thiophene rings is 1. The molecular weight excluding hydrogens is 276 g/mol. The molecule has 4 aromatic rings. The molecule has 21 heavy (non-hydrogen) atoms. The van der Waals surface area contributed by atoms with Gasteiger partial charge in [-0.05, 0) is 35.4 Å². The van der Waals surface area contributed by atoms with Crippen LogP contribution in [-0.2, 0) is 11.2 Å². The standard InChI is InChI=1S/C19H14OS/c1-12-6-7-13-11-14(8-9-20)18-15-4-2-3-5-17(15)21-19(18)16(13)10-12/h2-7,9-11H,8H2,1H3. The molecule has 0 aliphatic carbocycles. The van der Waals surface area contributed by atoms with E-state index in [4.69, 9.17) is 0 Å². The van der Waals surface area contributed by atoms with Crippen LogP contribution in [0.3, 0.4) is 0 Å². The lowest BCUT2D eigenvalue weighted by atomic mass is 9.98. The maximum Gasteiger partial charge on any atom is 0.124 e. The van der Waals surface area contributed by atoms with E-state index in [-0.39, 0.29) is 0 Å². The molecule has 0 amide bonds. The molecule has 1 aromatic heterocycles. The lowest BCUT2D eigenvalue weighted by Gasteiger charge is -2.06. The summed E-state index contributed by atoms with van der Waals surface area (Å²) in [6.07, 6.45) is 1.47. The molecule has 1 heterocycles. The van der Waals surface area contributed by atoms with Crippen LogP contribution in [0.4, 0.5) is 0 Å². The Balaban J connectivity index is 2.28. The number of hydrogen-bond acceptors (Lipinski definition) is 2. The molecule has 0 fully saturated rings. The first kappa shape index (κ1) is 12.5. The molecule has 0 atom stereocenters. The molecule has 0 saturated heterocycles. The summed E-state index contributed by atoms with van der Waals surface area (Å²) in [6, 6.07) is 17.2. The smallest absolute Gasteiger partial charge is 0.124 e. The van der Waals surface area contributed by atoms with Gasteiger partial charge in [0.15, 0.2) is 0 Å². The fraction of sp³-hybridized carbons (Fsp3) is 0.105. The van der Waals surface area contributed by atoms with Crippen molar-refractivity contribution in [3.63, 3.8) is 0 Å². The van der Waals surface area contributed by atoms with E-state index in [9.17, 15) is 4.79 Å². The Hall–Kier alpha value is -2.19. The number of rotatable bonds is 2. The summed E-state index contributed by atoms with van der Waals surface area (Å²) in [5.74, 6) is 0. The normalized spacial score (nSPS) is 11.5. The van der Waals surface area contributed by atoms with Crippen molar-refractivity contribution >= 4 is 48.6 Å². The van der Waals surface area contributed by atoms with Gasteiger partial charge in [0.1, 0.15) is 6.29 Å². The summed E-state index contributed by atoms with van der Waals surface area (Å²) in [6.45, 7) is 2.12. The highest BCUT2D eigenvalue weighted by Gasteiger charge is 2.12. The van der Waals surface area contributed by atoms with Crippen LogP contribution in [0.1, 0.15) is 11.1 Å². The second-order valence-corrected chi connectivity index (χ2v) is 6.49. The summed E-state index contributed by atoms with van der Waals surface area (Å²) < 4.78 is 2.59. The topological polar surface area (TPSA) is 17.1 Å². The van der Waals surface area contributed by atoms with Crippen molar-refractivity contribution in [2.75, 3.05) is 0 Å². The van der Waals surface area contributed by atoms with Gasteiger partial charge in [-0.2, -0.15) is 0 Å². The van der Waals surface area contributed by atoms with Crippen molar-refractivity contribution < 1.29 is 4.79 Å². The number of aryl methyl sites for hydroxylation is 1. The van der Waals surface area contributed by atoms with Gasteiger partial charge in [0, 0.05) is 26.6 Å². The van der Waals surface area contributed by atoms with Crippen molar-refractivity contribution in [1.82, 2.24) is 0 Å². The number of carbonyl (C=O) groups is 1. The molecule has 102 valence electrons. The Kier molecular flexibility index (Phi) is 2.79. The quantitative estimate of drug-likeness (QED) is 0.460. The van der Waals surface area contributed by atoms with Crippen LogP contribution in [0.25, 0.3) is 30.9 Å². The second kappa shape index (κ2) is 4.68. The van der Waals surface area contributed by atoms with Crippen LogP contribution >= 0.6 is 11.3 Å². The minimum Gasteiger partial charge on any atom is -0.303 e. The molecule has 3 aromatic carbocycles. The highest BCUT2D eigenvalue weighted by Crippen LogP contribution is 2.40. The molecule has 0 saturated carbocycles. The van der Waals surface area contributed by atoms with Crippen molar-refractivity contribution in [2.45, 2.75) is 13.3 Å². The van der Waals surface area contributed by atoms with E-state index < -0.39 is 0 Å². The molecule has 2 heteroatoms. The van der Waals surface area contributed by atoms with E-state index in [0.29, 0.717) is 6.42 Å². The Morgan fingerprint density at radius 2 is 1.90 bits per heavy atom. The van der Waals surface area contributed by atoms with Crippen LogP contribution in [0.2, 0.25) is 0 Å². The van der Waals surface area contributed by atoms with E-state index in [1.807, 2.05) is 11.3 Å². The van der Waals surface area contributed by atoms with Crippen LogP contribution in [0.15, 0.2) is 48.5 Å². The minimum absolute atomic E-state index is 0.473. The zero-order valence-corrected chi connectivity index (χ0v) is 12.5. The predicted molar refractivity (Wildman–Crippen MR) is 91.3 cm³/mol. The minimum atomic E-state index is 0.473. The van der Waals surface area contributed by atoms with Crippen LogP contribution in [0, 0.1) is 6.92 Å². The lowest BCUT2D eigenvalue weighted by Crippen LogP contribution is -1.88. The molecule has 0 unspecified atom stereocenters. The molecule has 0 bridgehead atoms. The van der Waals surface area contributed by atoms with E-state index >= 15 is 0 Å². The van der Waals surface area contributed by atoms with Gasteiger partial charge >= 0.3 is 0 Å². The first-order valence-electron chi connectivity index (χ1n) is 7.05. The van der Waals surface area contributed by atoms with Gasteiger partial charge in [-0.25, -0.2) is 0 Å². The van der Waals surface area contributed by atoms with Crippen molar-refractivity contribution in [2.24, 2.45) is 0 Å². The Bertz CT molecular complexity index is 995. The van der Waals surface area contributed by atoms with E-state index in [1.165, 1.54) is 36.5 Å². The summed E-state index contributed by atoms with van der Waals surface area (Å²) in [4.78, 5) is 11.1. The highest BCUT2D eigenvalue weighted by molar-refractivity contribution is 7.26. The third-order valence-electron chi connectivity index (χ3n) is 4.00. The maximum atomic E-state index is 11.1. The molecule has 0 spiro atoms. The zero-order valence-electron chi connectivity index (χ0n) is 11.7. The van der Waals surface area contributed by atoms with Crippen LogP contribution < -0.4 is 0 Å². The monoisotopic (exact) mass is 290 g/mol. The van der Waals surface area contributed by atoms with Crippen molar-refractivity contribution in [3.8, 4) is 0 Å². The Morgan fingerprint density at radius 3 is 2.76 bits per heavy atom. The second-order valence-electron chi connectivity index (χ2n) is 5.43. The number of benzene rings is 3. The van der Waals surface area contributed by atoms with Gasteiger partial charge in [0.25, 0.3) is 0 Å². The number of fused-ring (bicyclic) bond motifs is 5. The lowest BCUT2D eigenvalue weighted by molar-refractivity contribution is -0.107. The first-order chi connectivity index (χ1) is 10.3. The summed E-state index contributed by atoms with van der Waals surface area (Å²) in [5.41, 5.74) is 2.40. The average molecular weight is 290 g/mol. The summed E-state index contributed by atoms with van der Waals surface area (Å²) in [5, 5.41) is 5.02. The molecule has 0 aliphatic rings.